The Labute approximate surface area is 121 Å². The fourth-order valence-electron chi connectivity index (χ4n) is 1.61. The zero-order chi connectivity index (χ0) is 14.3. The van der Waals surface area contributed by atoms with Crippen molar-refractivity contribution >= 4 is 15.9 Å². The molecule has 0 bridgehead atoms. The SMILES string of the molecule is CC[N](C)[Ge][N](C(C)C)C(NC(C)C)N(C)CC. The van der Waals surface area contributed by atoms with Gasteiger partial charge in [-0.15, -0.1) is 0 Å². The van der Waals surface area contributed by atoms with Crippen molar-refractivity contribution in [3.8, 4) is 0 Å². The van der Waals surface area contributed by atoms with E-state index in [1.165, 1.54) is 0 Å². The van der Waals surface area contributed by atoms with E-state index in [-0.39, 0.29) is 15.9 Å². The van der Waals surface area contributed by atoms with E-state index in [1.807, 2.05) is 0 Å². The van der Waals surface area contributed by atoms with Crippen LogP contribution in [0.5, 0.6) is 0 Å². The van der Waals surface area contributed by atoms with Crippen molar-refractivity contribution in [1.82, 2.24) is 17.9 Å². The molecular weight excluding hydrogens is 285 g/mol. The van der Waals surface area contributed by atoms with Crippen molar-refractivity contribution in [3.05, 3.63) is 0 Å². The molecule has 1 N–H and O–H groups in total. The van der Waals surface area contributed by atoms with Crippen LogP contribution in [0.1, 0.15) is 41.5 Å². The number of nitrogens with one attached hydrogen (secondary N) is 1. The molecule has 0 spiro atoms. The van der Waals surface area contributed by atoms with Gasteiger partial charge in [-0.1, -0.05) is 0 Å². The Morgan fingerprint density at radius 3 is 1.89 bits per heavy atom. The molecule has 0 aliphatic heterocycles. The average Bonchev–Trinajstić information content (AvgIpc) is 2.31. The molecule has 0 heterocycles. The van der Waals surface area contributed by atoms with Gasteiger partial charge in [-0.3, -0.25) is 0 Å². The fraction of sp³-hybridized carbons (Fsp3) is 1.00. The molecule has 1 unspecified atom stereocenters. The van der Waals surface area contributed by atoms with E-state index < -0.39 is 0 Å². The molecule has 0 saturated heterocycles. The zero-order valence-electron chi connectivity index (χ0n) is 13.5. The first-order chi connectivity index (χ1) is 8.33. The van der Waals surface area contributed by atoms with Crippen molar-refractivity contribution < 1.29 is 0 Å². The second kappa shape index (κ2) is 9.31. The van der Waals surface area contributed by atoms with Gasteiger partial charge in [-0.05, 0) is 0 Å². The first-order valence-electron chi connectivity index (χ1n) is 7.05. The van der Waals surface area contributed by atoms with Crippen molar-refractivity contribution in [2.45, 2.75) is 59.9 Å². The Morgan fingerprint density at radius 1 is 1.00 bits per heavy atom. The summed E-state index contributed by atoms with van der Waals surface area (Å²) in [5, 5.41) is 3.70. The van der Waals surface area contributed by atoms with Crippen LogP contribution in [0.25, 0.3) is 0 Å². The normalized spacial score (nSPS) is 14.5. The van der Waals surface area contributed by atoms with Gasteiger partial charge in [0.2, 0.25) is 0 Å². The maximum absolute atomic E-state index is 3.70. The quantitative estimate of drug-likeness (QED) is 0.513. The minimum atomic E-state index is -0.241. The molecular formula is C13H32GeN4. The summed E-state index contributed by atoms with van der Waals surface area (Å²) in [7, 11) is 4.43. The molecule has 5 heteroatoms. The second-order valence-electron chi connectivity index (χ2n) is 5.38. The van der Waals surface area contributed by atoms with Crippen LogP contribution < -0.4 is 5.32 Å². The van der Waals surface area contributed by atoms with Gasteiger partial charge >= 0.3 is 121 Å². The molecule has 4 nitrogen and oxygen atoms in total. The first kappa shape index (κ1) is 18.4. The molecule has 0 rings (SSSR count). The van der Waals surface area contributed by atoms with Gasteiger partial charge in [-0.2, -0.15) is 0 Å². The van der Waals surface area contributed by atoms with Gasteiger partial charge in [-0.25, -0.2) is 0 Å². The molecule has 0 aliphatic carbocycles. The van der Waals surface area contributed by atoms with Crippen molar-refractivity contribution in [2.75, 3.05) is 27.2 Å². The molecule has 0 fully saturated rings. The molecule has 18 heavy (non-hydrogen) atoms. The molecule has 0 amide bonds. The Morgan fingerprint density at radius 2 is 1.56 bits per heavy atom. The monoisotopic (exact) mass is 318 g/mol. The van der Waals surface area contributed by atoms with Crippen LogP contribution in [0, 0.1) is 0 Å². The second-order valence-corrected chi connectivity index (χ2v) is 8.49. The fourth-order valence-corrected chi connectivity index (χ4v) is 4.02. The van der Waals surface area contributed by atoms with Gasteiger partial charge in [0, 0.05) is 0 Å². The Hall–Kier alpha value is 0.383. The van der Waals surface area contributed by atoms with Crippen molar-refractivity contribution in [1.29, 1.82) is 0 Å². The Kier molecular flexibility index (Phi) is 9.51. The molecule has 108 valence electrons. The summed E-state index contributed by atoms with van der Waals surface area (Å²) in [6.07, 6.45) is 0.351. The number of rotatable bonds is 9. The number of hydrogen-bond donors (Lipinski definition) is 1. The summed E-state index contributed by atoms with van der Waals surface area (Å²) in [6, 6.07) is 1.08. The predicted octanol–water partition coefficient (Wildman–Crippen LogP) is 1.42. The Balaban J connectivity index is 4.84. The van der Waals surface area contributed by atoms with Crippen molar-refractivity contribution in [2.24, 2.45) is 0 Å². The summed E-state index contributed by atoms with van der Waals surface area (Å²) < 4.78 is 5.10. The van der Waals surface area contributed by atoms with Gasteiger partial charge in [0.05, 0.1) is 0 Å². The zero-order valence-corrected chi connectivity index (χ0v) is 15.6. The molecule has 2 radical (unpaired) electrons. The van der Waals surface area contributed by atoms with Gasteiger partial charge in [0.15, 0.2) is 0 Å². The molecule has 1 atom stereocenters. The summed E-state index contributed by atoms with van der Waals surface area (Å²) in [4.78, 5) is 2.40. The van der Waals surface area contributed by atoms with Crippen molar-refractivity contribution in [3.63, 3.8) is 0 Å². The van der Waals surface area contributed by atoms with Crippen LogP contribution in [0.15, 0.2) is 0 Å². The average molecular weight is 317 g/mol. The molecule has 0 aliphatic rings. The van der Waals surface area contributed by atoms with E-state index in [0.29, 0.717) is 18.4 Å². The molecule has 0 aromatic rings. The van der Waals surface area contributed by atoms with Crippen LogP contribution in [0.4, 0.5) is 0 Å². The van der Waals surface area contributed by atoms with E-state index in [0.717, 1.165) is 13.1 Å². The molecule has 0 aromatic carbocycles. The topological polar surface area (TPSA) is 21.8 Å². The van der Waals surface area contributed by atoms with Crippen LogP contribution in [0.2, 0.25) is 0 Å². The van der Waals surface area contributed by atoms with E-state index in [4.69, 9.17) is 0 Å². The van der Waals surface area contributed by atoms with E-state index in [1.54, 1.807) is 0 Å². The third kappa shape index (κ3) is 6.52. The third-order valence-electron chi connectivity index (χ3n) is 2.98. The van der Waals surface area contributed by atoms with Gasteiger partial charge < -0.3 is 0 Å². The third-order valence-corrected chi connectivity index (χ3v) is 6.44. The minimum absolute atomic E-state index is 0.241. The molecule has 0 saturated carbocycles. The summed E-state index contributed by atoms with van der Waals surface area (Å²) in [5.74, 6) is 0. The number of hydrogen-bond acceptors (Lipinski definition) is 4. The first-order valence-corrected chi connectivity index (χ1v) is 8.93. The maximum atomic E-state index is 3.70. The Bertz CT molecular complexity index is 211. The van der Waals surface area contributed by atoms with Crippen LogP contribution >= 0.6 is 0 Å². The van der Waals surface area contributed by atoms with Gasteiger partial charge in [0.25, 0.3) is 0 Å². The van der Waals surface area contributed by atoms with E-state index >= 15 is 0 Å². The van der Waals surface area contributed by atoms with E-state index in [2.05, 4.69) is 73.6 Å². The van der Waals surface area contributed by atoms with E-state index in [9.17, 15) is 0 Å². The summed E-state index contributed by atoms with van der Waals surface area (Å²) in [6.45, 7) is 15.7. The predicted molar refractivity (Wildman–Crippen MR) is 81.4 cm³/mol. The van der Waals surface area contributed by atoms with Crippen LogP contribution in [-0.4, -0.2) is 74.0 Å². The summed E-state index contributed by atoms with van der Waals surface area (Å²) in [5.41, 5.74) is 0. The van der Waals surface area contributed by atoms with Crippen LogP contribution in [0.3, 0.4) is 0 Å². The number of nitrogens with zero attached hydrogens (tertiary/aromatic N) is 3. The standard InChI is InChI=1S/C13H32GeN4/c1-9-16(7)13(15-11(3)4)18(12(5)6)14-17(8)10-2/h11-13,15H,9-10H2,1-8H3. The summed E-state index contributed by atoms with van der Waals surface area (Å²) >= 11 is -0.241. The molecule has 0 aromatic heterocycles. The van der Waals surface area contributed by atoms with Gasteiger partial charge in [0.1, 0.15) is 0 Å². The van der Waals surface area contributed by atoms with Crippen LogP contribution in [-0.2, 0) is 0 Å².